The summed E-state index contributed by atoms with van der Waals surface area (Å²) in [4.78, 5) is 0. The van der Waals surface area contributed by atoms with Crippen molar-refractivity contribution in [1.29, 1.82) is 0 Å². The van der Waals surface area contributed by atoms with Gasteiger partial charge in [0.2, 0.25) is 0 Å². The molecule has 0 bridgehead atoms. The molecule has 0 heteroatoms. The van der Waals surface area contributed by atoms with E-state index in [4.69, 9.17) is 0 Å². The van der Waals surface area contributed by atoms with Gasteiger partial charge < -0.3 is 5.92 Å². The fraction of sp³-hybridized carbons (Fsp3) is 0.909. The molecule has 0 atom stereocenters. The van der Waals surface area contributed by atoms with Crippen molar-refractivity contribution in [1.82, 2.24) is 0 Å². The topological polar surface area (TPSA) is 0 Å². The Balaban J connectivity index is 3.90. The first-order valence-corrected chi connectivity index (χ1v) is 4.73. The van der Waals surface area contributed by atoms with E-state index in [2.05, 4.69) is 41.5 Å². The van der Waals surface area contributed by atoms with E-state index in [0.717, 1.165) is 5.92 Å². The van der Waals surface area contributed by atoms with Gasteiger partial charge in [-0.15, -0.1) is 0 Å². The van der Waals surface area contributed by atoms with Crippen molar-refractivity contribution >= 4 is 0 Å². The van der Waals surface area contributed by atoms with Crippen molar-refractivity contribution in [2.75, 3.05) is 0 Å². The molecule has 0 aliphatic heterocycles. The van der Waals surface area contributed by atoms with Gasteiger partial charge in [0, 0.05) is 0 Å². The van der Waals surface area contributed by atoms with E-state index in [-0.39, 0.29) is 0 Å². The molecule has 0 aromatic heterocycles. The van der Waals surface area contributed by atoms with Crippen LogP contribution in [0.4, 0.5) is 0 Å². The van der Waals surface area contributed by atoms with Gasteiger partial charge in [-0.1, -0.05) is 47.0 Å². The summed E-state index contributed by atoms with van der Waals surface area (Å²) < 4.78 is 0. The standard InChI is InChI=1S/C11H23/c1-7-11(5,6)10(4)8-9(2)3/h9H,7-8H2,1-6H3/q-1. The Hall–Kier alpha value is 0. The van der Waals surface area contributed by atoms with Gasteiger partial charge in [-0.05, 0) is 0 Å². The van der Waals surface area contributed by atoms with Crippen LogP contribution in [0.25, 0.3) is 0 Å². The fourth-order valence-electron chi connectivity index (χ4n) is 1.19. The molecule has 0 heterocycles. The molecule has 0 saturated carbocycles. The van der Waals surface area contributed by atoms with Gasteiger partial charge in [0.25, 0.3) is 0 Å². The molecule has 0 fully saturated rings. The predicted octanol–water partition coefficient (Wildman–Crippen LogP) is 4.06. The van der Waals surface area contributed by atoms with Crippen molar-refractivity contribution in [2.45, 2.75) is 54.4 Å². The highest BCUT2D eigenvalue weighted by molar-refractivity contribution is 4.98. The minimum absolute atomic E-state index is 0.449. The van der Waals surface area contributed by atoms with E-state index in [0.29, 0.717) is 5.41 Å². The molecule has 11 heavy (non-hydrogen) atoms. The maximum absolute atomic E-state index is 2.34. The predicted molar refractivity (Wildman–Crippen MR) is 52.4 cm³/mol. The molecule has 0 aliphatic rings. The summed E-state index contributed by atoms with van der Waals surface area (Å²) in [6.07, 6.45) is 2.53. The lowest BCUT2D eigenvalue weighted by atomic mass is 9.74. The van der Waals surface area contributed by atoms with Crippen molar-refractivity contribution in [2.24, 2.45) is 11.3 Å². The van der Waals surface area contributed by atoms with E-state index < -0.39 is 0 Å². The number of hydrogen-bond acceptors (Lipinski definition) is 0. The summed E-state index contributed by atoms with van der Waals surface area (Å²) in [5.41, 5.74) is 0.449. The summed E-state index contributed by atoms with van der Waals surface area (Å²) in [7, 11) is 0. The van der Waals surface area contributed by atoms with Gasteiger partial charge in [0.05, 0.1) is 0 Å². The van der Waals surface area contributed by atoms with Crippen LogP contribution in [0.15, 0.2) is 0 Å². The van der Waals surface area contributed by atoms with Crippen molar-refractivity contribution in [3.05, 3.63) is 5.92 Å². The highest BCUT2D eigenvalue weighted by atomic mass is 14.3. The van der Waals surface area contributed by atoms with Gasteiger partial charge in [-0.2, -0.15) is 18.8 Å². The van der Waals surface area contributed by atoms with Crippen LogP contribution in [0.5, 0.6) is 0 Å². The van der Waals surface area contributed by atoms with Crippen molar-refractivity contribution < 1.29 is 0 Å². The smallest absolute Gasteiger partial charge is 0.0652 e. The second kappa shape index (κ2) is 4.13. The average Bonchev–Trinajstić information content (AvgIpc) is 1.86. The minimum Gasteiger partial charge on any atom is -0.311 e. The molecule has 0 N–H and O–H groups in total. The SMILES string of the molecule is CCC(C)(C)[C-](C)CC(C)C. The Morgan fingerprint density at radius 2 is 1.73 bits per heavy atom. The summed E-state index contributed by atoms with van der Waals surface area (Å²) in [6.45, 7) is 13.8. The third-order valence-corrected chi connectivity index (χ3v) is 2.75. The van der Waals surface area contributed by atoms with Crippen LogP contribution < -0.4 is 0 Å². The summed E-state index contributed by atoms with van der Waals surface area (Å²) in [6, 6.07) is 0. The first-order chi connectivity index (χ1) is 4.90. The Kier molecular flexibility index (Phi) is 4.13. The quantitative estimate of drug-likeness (QED) is 0.537. The molecule has 0 nitrogen and oxygen atoms in total. The maximum atomic E-state index is 2.34. The highest BCUT2D eigenvalue weighted by Gasteiger charge is 2.11. The van der Waals surface area contributed by atoms with Crippen LogP contribution in [-0.2, 0) is 0 Å². The first kappa shape index (κ1) is 11.0. The van der Waals surface area contributed by atoms with Crippen LogP contribution >= 0.6 is 0 Å². The molecule has 0 radical (unpaired) electrons. The van der Waals surface area contributed by atoms with E-state index in [1.165, 1.54) is 12.8 Å². The van der Waals surface area contributed by atoms with Crippen molar-refractivity contribution in [3.63, 3.8) is 0 Å². The zero-order chi connectivity index (χ0) is 9.07. The van der Waals surface area contributed by atoms with Gasteiger partial charge in [-0.25, -0.2) is 0 Å². The molecule has 0 rings (SSSR count). The molecule has 0 aliphatic carbocycles. The van der Waals surface area contributed by atoms with Crippen LogP contribution in [-0.4, -0.2) is 0 Å². The molecule has 0 spiro atoms. The minimum atomic E-state index is 0.449. The molecule has 0 aromatic carbocycles. The Labute approximate surface area is 72.4 Å². The average molecular weight is 155 g/mol. The van der Waals surface area contributed by atoms with Gasteiger partial charge >= 0.3 is 0 Å². The zero-order valence-corrected chi connectivity index (χ0v) is 8.99. The second-order valence-corrected chi connectivity index (χ2v) is 4.62. The first-order valence-electron chi connectivity index (χ1n) is 4.73. The molecular formula is C11H23-. The second-order valence-electron chi connectivity index (χ2n) is 4.62. The summed E-state index contributed by atoms with van der Waals surface area (Å²) >= 11 is 0. The largest absolute Gasteiger partial charge is 0.311 e. The lowest BCUT2D eigenvalue weighted by Gasteiger charge is -2.45. The summed E-state index contributed by atoms with van der Waals surface area (Å²) in [5.74, 6) is 2.45. The zero-order valence-electron chi connectivity index (χ0n) is 8.99. The highest BCUT2D eigenvalue weighted by Crippen LogP contribution is 2.35. The third-order valence-electron chi connectivity index (χ3n) is 2.75. The lowest BCUT2D eigenvalue weighted by molar-refractivity contribution is 0.335. The van der Waals surface area contributed by atoms with Gasteiger partial charge in [-0.3, -0.25) is 0 Å². The molecule has 0 unspecified atom stereocenters. The van der Waals surface area contributed by atoms with Crippen LogP contribution in [0, 0.1) is 17.3 Å². The van der Waals surface area contributed by atoms with E-state index in [1.807, 2.05) is 0 Å². The Morgan fingerprint density at radius 3 is 2.00 bits per heavy atom. The summed E-state index contributed by atoms with van der Waals surface area (Å²) in [5, 5.41) is 0. The Bertz CT molecular complexity index is 101. The van der Waals surface area contributed by atoms with E-state index >= 15 is 0 Å². The molecule has 0 aromatic rings. The van der Waals surface area contributed by atoms with E-state index in [1.54, 1.807) is 5.92 Å². The molecule has 0 saturated heterocycles. The third kappa shape index (κ3) is 3.79. The van der Waals surface area contributed by atoms with Crippen LogP contribution in [0.1, 0.15) is 54.4 Å². The van der Waals surface area contributed by atoms with E-state index in [9.17, 15) is 0 Å². The van der Waals surface area contributed by atoms with Crippen molar-refractivity contribution in [3.8, 4) is 0 Å². The normalized spacial score (nSPS) is 13.1. The molecule has 0 amide bonds. The van der Waals surface area contributed by atoms with Gasteiger partial charge in [0.15, 0.2) is 0 Å². The maximum Gasteiger partial charge on any atom is -0.0652 e. The number of rotatable bonds is 4. The number of hydrogen-bond donors (Lipinski definition) is 0. The van der Waals surface area contributed by atoms with Gasteiger partial charge in [0.1, 0.15) is 0 Å². The Morgan fingerprint density at radius 1 is 1.27 bits per heavy atom. The van der Waals surface area contributed by atoms with Crippen LogP contribution in [0.3, 0.4) is 0 Å². The molecule has 68 valence electrons. The molecular weight excluding hydrogens is 132 g/mol. The van der Waals surface area contributed by atoms with Crippen LogP contribution in [0.2, 0.25) is 0 Å². The lowest BCUT2D eigenvalue weighted by Crippen LogP contribution is -2.19. The fourth-order valence-corrected chi connectivity index (χ4v) is 1.19. The monoisotopic (exact) mass is 155 g/mol.